The zero-order valence-corrected chi connectivity index (χ0v) is 25.0. The van der Waals surface area contributed by atoms with E-state index in [2.05, 4.69) is 158 Å². The minimum atomic E-state index is 1.25. The molecule has 0 amide bonds. The summed E-state index contributed by atoms with van der Waals surface area (Å²) in [5, 5.41) is 21.0. The van der Waals surface area contributed by atoms with Crippen LogP contribution >= 0.6 is 0 Å². The molecule has 0 atom stereocenters. The monoisotopic (exact) mass is 578 g/mol. The Bertz CT molecular complexity index is 2940. The van der Waals surface area contributed by atoms with Crippen molar-refractivity contribution in [1.29, 1.82) is 0 Å². The first-order valence-corrected chi connectivity index (χ1v) is 16.1. The Balaban J connectivity index is 1.19. The Kier molecular flexibility index (Phi) is 4.66. The molecule has 0 saturated heterocycles. The number of hydrogen-bond donors (Lipinski definition) is 0. The molecular formula is C46H26. The first-order chi connectivity index (χ1) is 22.8. The van der Waals surface area contributed by atoms with Gasteiger partial charge in [-0.25, -0.2) is 0 Å². The van der Waals surface area contributed by atoms with Crippen molar-refractivity contribution >= 4 is 86.2 Å². The molecule has 0 bridgehead atoms. The van der Waals surface area contributed by atoms with E-state index in [1.54, 1.807) is 0 Å². The molecule has 11 rings (SSSR count). The second kappa shape index (κ2) is 8.81. The fourth-order valence-electron chi connectivity index (χ4n) is 8.41. The number of fused-ring (bicyclic) bond motifs is 3. The molecule has 0 radical (unpaired) electrons. The molecule has 0 N–H and O–H groups in total. The van der Waals surface area contributed by atoms with Crippen molar-refractivity contribution in [2.75, 3.05) is 0 Å². The Morgan fingerprint density at radius 3 is 1.46 bits per heavy atom. The zero-order valence-electron chi connectivity index (χ0n) is 25.0. The molecule has 0 fully saturated rings. The normalized spacial score (nSPS) is 12.3. The Hall–Kier alpha value is -5.98. The van der Waals surface area contributed by atoms with Crippen LogP contribution in [0.25, 0.3) is 108 Å². The van der Waals surface area contributed by atoms with Crippen LogP contribution in [-0.4, -0.2) is 0 Å². The molecule has 0 aliphatic rings. The van der Waals surface area contributed by atoms with Crippen molar-refractivity contribution in [2.45, 2.75) is 0 Å². The van der Waals surface area contributed by atoms with E-state index in [-0.39, 0.29) is 0 Å². The van der Waals surface area contributed by atoms with E-state index >= 15 is 0 Å². The Morgan fingerprint density at radius 2 is 0.739 bits per heavy atom. The molecule has 0 heteroatoms. The molecule has 210 valence electrons. The number of benzene rings is 11. The first-order valence-electron chi connectivity index (χ1n) is 16.1. The molecule has 0 nitrogen and oxygen atoms in total. The van der Waals surface area contributed by atoms with Gasteiger partial charge in [0.1, 0.15) is 0 Å². The summed E-state index contributed by atoms with van der Waals surface area (Å²) in [6.45, 7) is 0. The minimum absolute atomic E-state index is 1.25. The van der Waals surface area contributed by atoms with E-state index in [4.69, 9.17) is 0 Å². The van der Waals surface area contributed by atoms with Gasteiger partial charge in [-0.2, -0.15) is 0 Å². The second-order valence-corrected chi connectivity index (χ2v) is 12.9. The average Bonchev–Trinajstić information content (AvgIpc) is 3.12. The average molecular weight is 579 g/mol. The highest BCUT2D eigenvalue weighted by molar-refractivity contribution is 6.27. The fourth-order valence-corrected chi connectivity index (χ4v) is 8.41. The lowest BCUT2D eigenvalue weighted by molar-refractivity contribution is 1.69. The zero-order chi connectivity index (χ0) is 29.9. The maximum Gasteiger partial charge on any atom is -0.00206 e. The summed E-state index contributed by atoms with van der Waals surface area (Å²) >= 11 is 0. The first kappa shape index (κ1) is 24.4. The van der Waals surface area contributed by atoms with Crippen molar-refractivity contribution < 1.29 is 0 Å². The standard InChI is InChI=1S/C46H26/c1-2-10-37-32(5-1)25-41(36-23-34-15-13-27-6-3-7-28-14-16-35(24-36)45(34)43(27)28)39-21-19-33(26-42(37)39)38-20-17-31-12-11-29-8-4-9-30-18-22-40(38)46(31)44(29)30/h1-26H. The SMILES string of the molecule is c1ccc2c(c1)cc(-c1cc3ccc4cccc5ccc(c1)c3c45)c1ccc(-c3ccc4ccc5cccc6ccc3c4c56)cc12. The summed E-state index contributed by atoms with van der Waals surface area (Å²) in [6, 6.07) is 59.3. The van der Waals surface area contributed by atoms with Crippen LogP contribution in [0.1, 0.15) is 0 Å². The van der Waals surface area contributed by atoms with Crippen LogP contribution in [0.15, 0.2) is 158 Å². The quantitative estimate of drug-likeness (QED) is 0.179. The van der Waals surface area contributed by atoms with E-state index in [9.17, 15) is 0 Å². The van der Waals surface area contributed by atoms with Gasteiger partial charge < -0.3 is 0 Å². The summed E-state index contributed by atoms with van der Waals surface area (Å²) in [5.41, 5.74) is 5.08. The molecular weight excluding hydrogens is 553 g/mol. The summed E-state index contributed by atoms with van der Waals surface area (Å²) in [5.74, 6) is 0. The lowest BCUT2D eigenvalue weighted by Crippen LogP contribution is -1.90. The second-order valence-electron chi connectivity index (χ2n) is 12.9. The molecule has 0 unspecified atom stereocenters. The van der Waals surface area contributed by atoms with Gasteiger partial charge in [-0.1, -0.05) is 133 Å². The van der Waals surface area contributed by atoms with Crippen molar-refractivity contribution in [3.05, 3.63) is 158 Å². The van der Waals surface area contributed by atoms with Gasteiger partial charge in [0.15, 0.2) is 0 Å². The van der Waals surface area contributed by atoms with Gasteiger partial charge in [0.05, 0.1) is 0 Å². The van der Waals surface area contributed by atoms with E-state index in [1.165, 1.54) is 108 Å². The van der Waals surface area contributed by atoms with Gasteiger partial charge in [0, 0.05) is 0 Å². The van der Waals surface area contributed by atoms with Gasteiger partial charge in [-0.15, -0.1) is 0 Å². The van der Waals surface area contributed by atoms with Crippen molar-refractivity contribution in [3.8, 4) is 22.3 Å². The predicted octanol–water partition coefficient (Wildman–Crippen LogP) is 13.1. The van der Waals surface area contributed by atoms with Gasteiger partial charge >= 0.3 is 0 Å². The van der Waals surface area contributed by atoms with Gasteiger partial charge in [0.2, 0.25) is 0 Å². The maximum atomic E-state index is 2.43. The third kappa shape index (κ3) is 3.23. The highest BCUT2D eigenvalue weighted by Crippen LogP contribution is 2.43. The molecule has 11 aromatic rings. The van der Waals surface area contributed by atoms with Crippen LogP contribution in [0.5, 0.6) is 0 Å². The van der Waals surface area contributed by atoms with Gasteiger partial charge in [-0.05, 0) is 133 Å². The highest BCUT2D eigenvalue weighted by atomic mass is 14.2. The van der Waals surface area contributed by atoms with Gasteiger partial charge in [0.25, 0.3) is 0 Å². The summed E-state index contributed by atoms with van der Waals surface area (Å²) < 4.78 is 0. The summed E-state index contributed by atoms with van der Waals surface area (Å²) in [6.07, 6.45) is 0. The fraction of sp³-hybridized carbons (Fsp3) is 0. The lowest BCUT2D eigenvalue weighted by atomic mass is 9.87. The smallest absolute Gasteiger partial charge is 0.00206 e. The van der Waals surface area contributed by atoms with Crippen LogP contribution in [-0.2, 0) is 0 Å². The van der Waals surface area contributed by atoms with E-state index in [1.807, 2.05) is 0 Å². The third-order valence-electron chi connectivity index (χ3n) is 10.5. The molecule has 0 aliphatic heterocycles. The number of hydrogen-bond acceptors (Lipinski definition) is 0. The van der Waals surface area contributed by atoms with Crippen LogP contribution in [0, 0.1) is 0 Å². The topological polar surface area (TPSA) is 0 Å². The van der Waals surface area contributed by atoms with Gasteiger partial charge in [-0.3, -0.25) is 0 Å². The number of rotatable bonds is 2. The predicted molar refractivity (Wildman–Crippen MR) is 200 cm³/mol. The van der Waals surface area contributed by atoms with Crippen molar-refractivity contribution in [3.63, 3.8) is 0 Å². The van der Waals surface area contributed by atoms with Crippen molar-refractivity contribution in [2.24, 2.45) is 0 Å². The lowest BCUT2D eigenvalue weighted by Gasteiger charge is -2.17. The molecule has 0 saturated carbocycles. The highest BCUT2D eigenvalue weighted by Gasteiger charge is 2.16. The van der Waals surface area contributed by atoms with Crippen molar-refractivity contribution in [1.82, 2.24) is 0 Å². The van der Waals surface area contributed by atoms with Crippen LogP contribution < -0.4 is 0 Å². The Morgan fingerprint density at radius 1 is 0.217 bits per heavy atom. The minimum Gasteiger partial charge on any atom is -0.0616 e. The summed E-state index contributed by atoms with van der Waals surface area (Å²) in [4.78, 5) is 0. The van der Waals surface area contributed by atoms with E-state index in [0.29, 0.717) is 0 Å². The van der Waals surface area contributed by atoms with Crippen LogP contribution in [0.3, 0.4) is 0 Å². The Labute approximate surface area is 265 Å². The molecule has 0 aliphatic carbocycles. The molecule has 0 aromatic heterocycles. The summed E-state index contributed by atoms with van der Waals surface area (Å²) in [7, 11) is 0. The molecule has 46 heavy (non-hydrogen) atoms. The maximum absolute atomic E-state index is 2.43. The van der Waals surface area contributed by atoms with Crippen LogP contribution in [0.4, 0.5) is 0 Å². The largest absolute Gasteiger partial charge is 0.0616 e. The van der Waals surface area contributed by atoms with Crippen LogP contribution in [0.2, 0.25) is 0 Å². The third-order valence-corrected chi connectivity index (χ3v) is 10.5. The molecule has 0 heterocycles. The molecule has 11 aromatic carbocycles. The molecule has 0 spiro atoms. The van der Waals surface area contributed by atoms with E-state index in [0.717, 1.165) is 0 Å². The van der Waals surface area contributed by atoms with E-state index < -0.39 is 0 Å².